The molecule has 1 aromatic rings. The van der Waals surface area contributed by atoms with Gasteiger partial charge < -0.3 is 10.2 Å². The van der Waals surface area contributed by atoms with Crippen molar-refractivity contribution in [1.29, 1.82) is 0 Å². The number of rotatable bonds is 5. The predicted molar refractivity (Wildman–Crippen MR) is 78.5 cm³/mol. The van der Waals surface area contributed by atoms with Gasteiger partial charge in [-0.2, -0.15) is 0 Å². The Morgan fingerprint density at radius 3 is 2.79 bits per heavy atom. The van der Waals surface area contributed by atoms with Crippen molar-refractivity contribution in [2.24, 2.45) is 0 Å². The molecule has 7 heteroatoms. The van der Waals surface area contributed by atoms with Crippen LogP contribution in [0.1, 0.15) is 19.3 Å². The van der Waals surface area contributed by atoms with Crippen molar-refractivity contribution in [3.63, 3.8) is 0 Å². The van der Waals surface area contributed by atoms with E-state index in [0.29, 0.717) is 16.6 Å². The van der Waals surface area contributed by atoms with Crippen LogP contribution in [0.3, 0.4) is 0 Å². The number of carbonyl (C=O) groups is 2. The number of carbonyl (C=O) groups excluding carboxylic acids is 2. The highest BCUT2D eigenvalue weighted by molar-refractivity contribution is 8.00. The fraction of sp³-hybridized carbons (Fsp3) is 0.583. The Balaban J connectivity index is 1.62. The molecular weight excluding hydrogens is 282 g/mol. The lowest BCUT2D eigenvalue weighted by Crippen LogP contribution is -2.37. The Morgan fingerprint density at radius 1 is 1.32 bits per heavy atom. The van der Waals surface area contributed by atoms with E-state index in [1.807, 2.05) is 10.3 Å². The van der Waals surface area contributed by atoms with Crippen molar-refractivity contribution in [2.75, 3.05) is 29.9 Å². The molecule has 0 atom stereocenters. The first-order valence-electron chi connectivity index (χ1n) is 6.30. The first kappa shape index (κ1) is 14.3. The average molecular weight is 299 g/mol. The number of nitrogens with zero attached hydrogens (tertiary/aromatic N) is 2. The summed E-state index contributed by atoms with van der Waals surface area (Å²) in [6, 6.07) is 0. The van der Waals surface area contributed by atoms with E-state index >= 15 is 0 Å². The van der Waals surface area contributed by atoms with Gasteiger partial charge >= 0.3 is 0 Å². The molecule has 2 rings (SSSR count). The van der Waals surface area contributed by atoms with Gasteiger partial charge in [0.25, 0.3) is 0 Å². The number of likely N-dealkylation sites (tertiary alicyclic amines) is 1. The predicted octanol–water partition coefficient (Wildman–Crippen LogP) is 1.83. The van der Waals surface area contributed by atoms with Gasteiger partial charge in [0.1, 0.15) is 0 Å². The number of hydrogen-bond donors (Lipinski definition) is 1. The Hall–Kier alpha value is -1.08. The molecular formula is C12H17N3O2S2. The van der Waals surface area contributed by atoms with Gasteiger partial charge in [-0.1, -0.05) is 0 Å². The Bertz CT molecular complexity index is 417. The number of anilines is 1. The topological polar surface area (TPSA) is 62.3 Å². The van der Waals surface area contributed by atoms with Gasteiger partial charge in [0.2, 0.25) is 11.8 Å². The monoisotopic (exact) mass is 299 g/mol. The number of amides is 2. The molecule has 2 amide bonds. The minimum atomic E-state index is -0.105. The molecule has 1 aliphatic heterocycles. The summed E-state index contributed by atoms with van der Waals surface area (Å²) in [4.78, 5) is 29.3. The lowest BCUT2D eigenvalue weighted by atomic mass is 10.1. The highest BCUT2D eigenvalue weighted by Gasteiger charge is 2.16. The zero-order valence-corrected chi connectivity index (χ0v) is 12.3. The van der Waals surface area contributed by atoms with E-state index in [1.165, 1.54) is 29.5 Å². The molecule has 2 heterocycles. The molecule has 1 aromatic heterocycles. The minimum absolute atomic E-state index is 0.105. The van der Waals surface area contributed by atoms with Crippen LogP contribution in [-0.4, -0.2) is 46.3 Å². The van der Waals surface area contributed by atoms with Crippen LogP contribution in [0.5, 0.6) is 0 Å². The molecule has 0 aliphatic carbocycles. The van der Waals surface area contributed by atoms with Crippen LogP contribution in [0.15, 0.2) is 11.6 Å². The van der Waals surface area contributed by atoms with Crippen LogP contribution in [0.4, 0.5) is 5.13 Å². The molecule has 0 saturated carbocycles. The maximum atomic E-state index is 11.9. The molecule has 5 nitrogen and oxygen atoms in total. The maximum absolute atomic E-state index is 11.9. The van der Waals surface area contributed by atoms with Gasteiger partial charge in [0.05, 0.1) is 11.5 Å². The number of aromatic nitrogens is 1. The van der Waals surface area contributed by atoms with Crippen LogP contribution in [-0.2, 0) is 9.59 Å². The van der Waals surface area contributed by atoms with Crippen LogP contribution in [0.25, 0.3) is 0 Å². The van der Waals surface area contributed by atoms with Gasteiger partial charge in [-0.05, 0) is 19.3 Å². The number of piperidine rings is 1. The summed E-state index contributed by atoms with van der Waals surface area (Å²) in [6.07, 6.45) is 5.06. The fourth-order valence-corrected chi connectivity index (χ4v) is 3.17. The standard InChI is InChI=1S/C12H17N3O2S2/c16-10(14-12-13-4-7-19-12)8-18-9-11(17)15-5-2-1-3-6-15/h4,7H,1-3,5-6,8-9H2,(H,13,14,16). The summed E-state index contributed by atoms with van der Waals surface area (Å²) >= 11 is 2.74. The summed E-state index contributed by atoms with van der Waals surface area (Å²) < 4.78 is 0. The zero-order valence-electron chi connectivity index (χ0n) is 10.6. The second-order valence-electron chi connectivity index (χ2n) is 4.32. The molecule has 0 unspecified atom stereocenters. The number of nitrogens with one attached hydrogen (secondary N) is 1. The van der Waals surface area contributed by atoms with Crippen LogP contribution in [0.2, 0.25) is 0 Å². The van der Waals surface area contributed by atoms with E-state index in [2.05, 4.69) is 10.3 Å². The molecule has 1 N–H and O–H groups in total. The molecule has 0 bridgehead atoms. The third-order valence-corrected chi connectivity index (χ3v) is 4.45. The van der Waals surface area contributed by atoms with Crippen molar-refractivity contribution in [2.45, 2.75) is 19.3 Å². The Kier molecular flexibility index (Phi) is 5.65. The summed E-state index contributed by atoms with van der Waals surface area (Å²) in [5.74, 6) is 0.711. The van der Waals surface area contributed by atoms with Crippen LogP contribution >= 0.6 is 23.1 Å². The van der Waals surface area contributed by atoms with Gasteiger partial charge in [-0.25, -0.2) is 4.98 Å². The second kappa shape index (κ2) is 7.49. The lowest BCUT2D eigenvalue weighted by Gasteiger charge is -2.26. The van der Waals surface area contributed by atoms with E-state index in [4.69, 9.17) is 0 Å². The van der Waals surface area contributed by atoms with Crippen molar-refractivity contribution in [3.8, 4) is 0 Å². The highest BCUT2D eigenvalue weighted by atomic mass is 32.2. The molecule has 1 fully saturated rings. The van der Waals surface area contributed by atoms with Crippen LogP contribution in [0, 0.1) is 0 Å². The molecule has 0 aromatic carbocycles. The minimum Gasteiger partial charge on any atom is -0.342 e. The fourth-order valence-electron chi connectivity index (χ4n) is 1.91. The Labute approximate surface area is 120 Å². The maximum Gasteiger partial charge on any atom is 0.236 e. The van der Waals surface area contributed by atoms with E-state index in [-0.39, 0.29) is 11.8 Å². The lowest BCUT2D eigenvalue weighted by molar-refractivity contribution is -0.129. The third-order valence-electron chi connectivity index (χ3n) is 2.85. The van der Waals surface area contributed by atoms with E-state index in [0.717, 1.165) is 25.9 Å². The molecule has 1 saturated heterocycles. The Morgan fingerprint density at radius 2 is 2.11 bits per heavy atom. The molecule has 0 radical (unpaired) electrons. The van der Waals surface area contributed by atoms with E-state index < -0.39 is 0 Å². The van der Waals surface area contributed by atoms with Crippen molar-refractivity contribution >= 4 is 40.0 Å². The van der Waals surface area contributed by atoms with Crippen molar-refractivity contribution in [3.05, 3.63) is 11.6 Å². The first-order valence-corrected chi connectivity index (χ1v) is 8.34. The summed E-state index contributed by atoms with van der Waals surface area (Å²) in [6.45, 7) is 1.73. The highest BCUT2D eigenvalue weighted by Crippen LogP contribution is 2.13. The second-order valence-corrected chi connectivity index (χ2v) is 6.20. The molecule has 0 spiro atoms. The van der Waals surface area contributed by atoms with Gasteiger partial charge in [0.15, 0.2) is 5.13 Å². The largest absolute Gasteiger partial charge is 0.342 e. The summed E-state index contributed by atoms with van der Waals surface area (Å²) in [5.41, 5.74) is 0. The van der Waals surface area contributed by atoms with Gasteiger partial charge in [0, 0.05) is 24.7 Å². The normalized spacial score (nSPS) is 15.3. The quantitative estimate of drug-likeness (QED) is 0.901. The third kappa shape index (κ3) is 4.83. The van der Waals surface area contributed by atoms with Crippen LogP contribution < -0.4 is 5.32 Å². The van der Waals surface area contributed by atoms with Gasteiger partial charge in [-0.3, -0.25) is 9.59 Å². The number of hydrogen-bond acceptors (Lipinski definition) is 5. The molecule has 19 heavy (non-hydrogen) atoms. The SMILES string of the molecule is O=C(CSCC(=O)N1CCCCC1)Nc1nccs1. The van der Waals surface area contributed by atoms with Crippen molar-refractivity contribution in [1.82, 2.24) is 9.88 Å². The summed E-state index contributed by atoms with van der Waals surface area (Å²) in [7, 11) is 0. The van der Waals surface area contributed by atoms with Gasteiger partial charge in [-0.15, -0.1) is 23.1 Å². The first-order chi connectivity index (χ1) is 9.25. The van der Waals surface area contributed by atoms with E-state index in [9.17, 15) is 9.59 Å². The smallest absolute Gasteiger partial charge is 0.236 e. The molecule has 1 aliphatic rings. The zero-order chi connectivity index (χ0) is 13.5. The number of thiazole rings is 1. The average Bonchev–Trinajstić information content (AvgIpc) is 2.92. The van der Waals surface area contributed by atoms with Crippen molar-refractivity contribution < 1.29 is 9.59 Å². The summed E-state index contributed by atoms with van der Waals surface area (Å²) in [5, 5.41) is 5.11. The number of thioether (sulfide) groups is 1. The molecule has 104 valence electrons. The van der Waals surface area contributed by atoms with E-state index in [1.54, 1.807) is 6.20 Å².